The number of aliphatic hydroxyl groups excluding tert-OH is 3. The van der Waals surface area contributed by atoms with Crippen molar-refractivity contribution < 1.29 is 33.1 Å². The fourth-order valence-electron chi connectivity index (χ4n) is 11.0. The Morgan fingerprint density at radius 3 is 2.18 bits per heavy atom. The summed E-state index contributed by atoms with van der Waals surface area (Å²) in [6.07, 6.45) is 4.84. The number of nitrogens with one attached hydrogen (secondary N) is 1. The minimum Gasteiger partial charge on any atom is -0.393 e. The molecule has 0 bridgehead atoms. The molecule has 9 heteroatoms. The Morgan fingerprint density at radius 2 is 1.56 bits per heavy atom. The third-order valence-corrected chi connectivity index (χ3v) is 15.2. The lowest BCUT2D eigenvalue weighted by atomic mass is 9.27. The van der Waals surface area contributed by atoms with Gasteiger partial charge < -0.3 is 20.6 Å². The van der Waals surface area contributed by atoms with Gasteiger partial charge in [-0.2, -0.15) is 8.42 Å². The first-order valence-electron chi connectivity index (χ1n) is 15.0. The average molecular weight is 572 g/mol. The molecule has 39 heavy (non-hydrogen) atoms. The lowest BCUT2D eigenvalue weighted by Gasteiger charge is -2.77. The zero-order chi connectivity index (χ0) is 29.4. The van der Waals surface area contributed by atoms with Crippen LogP contribution < -0.4 is 5.32 Å². The largest absolute Gasteiger partial charge is 0.393 e. The van der Waals surface area contributed by atoms with Gasteiger partial charge in [0.05, 0.1) is 24.1 Å². The summed E-state index contributed by atoms with van der Waals surface area (Å²) in [5, 5.41) is 37.3. The summed E-state index contributed by atoms with van der Waals surface area (Å²) < 4.78 is 30.8. The third kappa shape index (κ3) is 4.10. The van der Waals surface area contributed by atoms with E-state index in [1.165, 1.54) is 0 Å². The van der Waals surface area contributed by atoms with E-state index in [-0.39, 0.29) is 58.5 Å². The van der Waals surface area contributed by atoms with Gasteiger partial charge in [0.15, 0.2) is 0 Å². The van der Waals surface area contributed by atoms with Crippen molar-refractivity contribution in [2.24, 2.45) is 44.3 Å². The molecule has 4 rings (SSSR count). The van der Waals surface area contributed by atoms with Crippen molar-refractivity contribution in [3.8, 4) is 0 Å². The van der Waals surface area contributed by atoms with Crippen LogP contribution in [0.25, 0.3) is 0 Å². The fourth-order valence-corrected chi connectivity index (χ4v) is 11.3. The number of rotatable bonds is 7. The summed E-state index contributed by atoms with van der Waals surface area (Å²) in [5.41, 5.74) is -1.95. The van der Waals surface area contributed by atoms with E-state index >= 15 is 0 Å². The van der Waals surface area contributed by atoms with E-state index < -0.39 is 38.9 Å². The maximum absolute atomic E-state index is 12.5. The average Bonchev–Trinajstić information content (AvgIpc) is 3.06. The maximum atomic E-state index is 12.5. The predicted molar refractivity (Wildman–Crippen MR) is 150 cm³/mol. The number of aliphatic hydroxyl groups is 3. The molecule has 0 aromatic rings. The highest BCUT2D eigenvalue weighted by Crippen LogP contribution is 2.84. The molecule has 0 saturated heterocycles. The number of hydrogen-bond donors (Lipinski definition) is 5. The van der Waals surface area contributed by atoms with Gasteiger partial charge in [-0.1, -0.05) is 48.5 Å². The molecule has 0 heterocycles. The summed E-state index contributed by atoms with van der Waals surface area (Å²) in [7, 11) is -4.12. The van der Waals surface area contributed by atoms with Crippen LogP contribution in [0.4, 0.5) is 0 Å². The van der Waals surface area contributed by atoms with Gasteiger partial charge in [0.2, 0.25) is 5.91 Å². The van der Waals surface area contributed by atoms with Crippen LogP contribution in [0.5, 0.6) is 0 Å². The molecule has 1 amide bonds. The SMILES string of the molecule is C[C@H](CCC(=O)NCCS(=O)(=O)O)[C@@]1(C)CC[C@@]2(C)[C@]3(C)[C@H](O)C[C@@H]4C[C@H](O)CC[C@]4(C)[C@]3(C)C[C@H](O)[C@@]21C. The van der Waals surface area contributed by atoms with Gasteiger partial charge in [0.1, 0.15) is 0 Å². The third-order valence-electron chi connectivity index (χ3n) is 14.5. The van der Waals surface area contributed by atoms with Crippen molar-refractivity contribution in [3.63, 3.8) is 0 Å². The molecular weight excluding hydrogens is 518 g/mol. The first-order chi connectivity index (χ1) is 17.7. The number of amides is 1. The van der Waals surface area contributed by atoms with Crippen molar-refractivity contribution in [2.75, 3.05) is 12.3 Å². The second-order valence-corrected chi connectivity index (χ2v) is 16.6. The molecular formula is C30H53NO7S. The van der Waals surface area contributed by atoms with Crippen LogP contribution in [-0.2, 0) is 14.9 Å². The highest BCUT2D eigenvalue weighted by Gasteiger charge is 2.81. The second kappa shape index (κ2) is 9.65. The summed E-state index contributed by atoms with van der Waals surface area (Å²) in [6, 6.07) is 0. The van der Waals surface area contributed by atoms with Crippen LogP contribution in [0.3, 0.4) is 0 Å². The van der Waals surface area contributed by atoms with Crippen LogP contribution >= 0.6 is 0 Å². The van der Waals surface area contributed by atoms with Crippen LogP contribution in [0.2, 0.25) is 0 Å². The van der Waals surface area contributed by atoms with E-state index in [1.807, 2.05) is 0 Å². The molecule has 0 aromatic carbocycles. The minimum atomic E-state index is -4.12. The van der Waals surface area contributed by atoms with Gasteiger partial charge in [0.25, 0.3) is 10.1 Å². The van der Waals surface area contributed by atoms with E-state index in [4.69, 9.17) is 4.55 Å². The standard InChI is InChI=1S/C30H53NO7S/c1-19(8-9-24(35)31-14-15-39(36,37)38)25(2)12-13-27(4)29(25,6)23(34)18-28(5)26(3)11-10-21(32)16-20(26)17-22(33)30(27,28)7/h19-23,32-34H,8-18H2,1-7H3,(H,31,35)(H,36,37,38)/t19-,20+,21-,22-,23+,25-,26+,27-,28+,29-,30+/m1/s1. The lowest BCUT2D eigenvalue weighted by molar-refractivity contribution is -0.335. The monoisotopic (exact) mass is 571 g/mol. The highest BCUT2D eigenvalue weighted by molar-refractivity contribution is 7.85. The second-order valence-electron chi connectivity index (χ2n) is 15.1. The lowest BCUT2D eigenvalue weighted by Crippen LogP contribution is -2.76. The molecule has 0 spiro atoms. The zero-order valence-corrected chi connectivity index (χ0v) is 25.9. The highest BCUT2D eigenvalue weighted by atomic mass is 32.2. The van der Waals surface area contributed by atoms with Gasteiger partial charge in [0, 0.05) is 23.8 Å². The molecule has 4 aliphatic carbocycles. The Balaban J connectivity index is 1.63. The van der Waals surface area contributed by atoms with E-state index in [2.05, 4.69) is 53.8 Å². The van der Waals surface area contributed by atoms with Crippen molar-refractivity contribution >= 4 is 16.0 Å². The van der Waals surface area contributed by atoms with Gasteiger partial charge in [-0.15, -0.1) is 0 Å². The zero-order valence-electron chi connectivity index (χ0n) is 25.1. The molecule has 5 N–H and O–H groups in total. The molecule has 0 aromatic heterocycles. The summed E-state index contributed by atoms with van der Waals surface area (Å²) in [5.74, 6) is -0.425. The molecule has 4 aliphatic rings. The molecule has 8 nitrogen and oxygen atoms in total. The minimum absolute atomic E-state index is 0.0870. The van der Waals surface area contributed by atoms with Gasteiger partial charge in [-0.25, -0.2) is 0 Å². The van der Waals surface area contributed by atoms with E-state index in [0.29, 0.717) is 25.7 Å². The molecule has 11 atom stereocenters. The Morgan fingerprint density at radius 1 is 0.923 bits per heavy atom. The van der Waals surface area contributed by atoms with E-state index in [1.54, 1.807) is 0 Å². The van der Waals surface area contributed by atoms with Crippen molar-refractivity contribution in [1.82, 2.24) is 5.32 Å². The first kappa shape index (κ1) is 31.2. The molecule has 4 fully saturated rings. The van der Waals surface area contributed by atoms with Crippen LogP contribution in [0.1, 0.15) is 106 Å². The van der Waals surface area contributed by atoms with Crippen molar-refractivity contribution in [2.45, 2.75) is 125 Å². The Bertz CT molecular complexity index is 1080. The maximum Gasteiger partial charge on any atom is 0.266 e. The fraction of sp³-hybridized carbons (Fsp3) is 0.967. The summed E-state index contributed by atoms with van der Waals surface area (Å²) >= 11 is 0. The molecule has 0 unspecified atom stereocenters. The smallest absolute Gasteiger partial charge is 0.266 e. The quantitative estimate of drug-likeness (QED) is 0.291. The van der Waals surface area contributed by atoms with Crippen LogP contribution in [0, 0.1) is 44.3 Å². The van der Waals surface area contributed by atoms with Gasteiger partial charge >= 0.3 is 0 Å². The Labute approximate surface area is 235 Å². The molecule has 4 saturated carbocycles. The van der Waals surface area contributed by atoms with Crippen molar-refractivity contribution in [1.29, 1.82) is 0 Å². The Hall–Kier alpha value is -0.740. The van der Waals surface area contributed by atoms with E-state index in [9.17, 15) is 28.5 Å². The normalized spacial score (nSPS) is 50.4. The Kier molecular flexibility index (Phi) is 7.72. The summed E-state index contributed by atoms with van der Waals surface area (Å²) in [6.45, 7) is 15.8. The number of carbonyl (C=O) groups is 1. The molecule has 0 aliphatic heterocycles. The molecule has 226 valence electrons. The topological polar surface area (TPSA) is 144 Å². The predicted octanol–water partition coefficient (Wildman–Crippen LogP) is 3.93. The number of carbonyl (C=O) groups excluding carboxylic acids is 1. The van der Waals surface area contributed by atoms with Crippen LogP contribution in [-0.4, -0.2) is 64.8 Å². The van der Waals surface area contributed by atoms with Crippen LogP contribution in [0.15, 0.2) is 0 Å². The van der Waals surface area contributed by atoms with Gasteiger partial charge in [-0.05, 0) is 84.9 Å². The number of fused-ring (bicyclic) bond motifs is 5. The summed E-state index contributed by atoms with van der Waals surface area (Å²) in [4.78, 5) is 12.5. The number of hydrogen-bond acceptors (Lipinski definition) is 6. The van der Waals surface area contributed by atoms with Crippen molar-refractivity contribution in [3.05, 3.63) is 0 Å². The van der Waals surface area contributed by atoms with E-state index in [0.717, 1.165) is 25.7 Å². The van der Waals surface area contributed by atoms with Gasteiger partial charge in [-0.3, -0.25) is 9.35 Å². The first-order valence-corrected chi connectivity index (χ1v) is 16.6. The molecule has 0 radical (unpaired) electrons.